The van der Waals surface area contributed by atoms with E-state index in [9.17, 15) is 0 Å². The number of nitrogens with zero attached hydrogens (tertiary/aromatic N) is 2. The molecule has 1 aliphatic rings. The van der Waals surface area contributed by atoms with Gasteiger partial charge in [0.15, 0.2) is 0 Å². The zero-order valence-electron chi connectivity index (χ0n) is 12.5. The fourth-order valence-corrected chi connectivity index (χ4v) is 2.79. The summed E-state index contributed by atoms with van der Waals surface area (Å²) < 4.78 is 8.08. The van der Waals surface area contributed by atoms with Crippen LogP contribution in [0.5, 0.6) is 5.75 Å². The Morgan fingerprint density at radius 2 is 2.10 bits per heavy atom. The molecule has 0 unspecified atom stereocenters. The summed E-state index contributed by atoms with van der Waals surface area (Å²) in [5, 5.41) is 0. The minimum atomic E-state index is -0.159. The van der Waals surface area contributed by atoms with E-state index in [1.54, 1.807) is 6.33 Å². The van der Waals surface area contributed by atoms with E-state index in [0.29, 0.717) is 11.9 Å². The topological polar surface area (TPSA) is 53.1 Å². The van der Waals surface area contributed by atoms with Gasteiger partial charge in [0, 0.05) is 18.0 Å². The van der Waals surface area contributed by atoms with Crippen LogP contribution in [-0.2, 0) is 6.42 Å². The van der Waals surface area contributed by atoms with Crippen molar-refractivity contribution in [1.29, 1.82) is 0 Å². The average molecular weight is 271 g/mol. The number of nitrogen functional groups attached to an aromatic ring is 1. The zero-order valence-corrected chi connectivity index (χ0v) is 12.5. The number of hydrogen-bond donors (Lipinski definition) is 1. The molecule has 2 N–H and O–H groups in total. The van der Waals surface area contributed by atoms with Crippen molar-refractivity contribution in [3.05, 3.63) is 30.1 Å². The number of nitrogens with two attached hydrogens (primary N) is 1. The Balaban J connectivity index is 2.12. The van der Waals surface area contributed by atoms with E-state index in [-0.39, 0.29) is 5.60 Å². The van der Waals surface area contributed by atoms with Gasteiger partial charge in [-0.05, 0) is 39.3 Å². The van der Waals surface area contributed by atoms with Gasteiger partial charge < -0.3 is 15.0 Å². The molecule has 0 atom stereocenters. The lowest BCUT2D eigenvalue weighted by molar-refractivity contribution is 0.139. The van der Waals surface area contributed by atoms with Gasteiger partial charge in [0.1, 0.15) is 22.9 Å². The maximum atomic E-state index is 6.24. The highest BCUT2D eigenvalue weighted by molar-refractivity contribution is 5.77. The highest BCUT2D eigenvalue weighted by atomic mass is 16.5. The third-order valence-electron chi connectivity index (χ3n) is 3.73. The van der Waals surface area contributed by atoms with Crippen LogP contribution in [0.3, 0.4) is 0 Å². The number of anilines is 1. The summed E-state index contributed by atoms with van der Waals surface area (Å²) in [7, 11) is 0. The number of benzene rings is 1. The molecule has 0 saturated heterocycles. The number of rotatable bonds is 2. The van der Waals surface area contributed by atoms with Gasteiger partial charge in [0.05, 0.1) is 6.33 Å². The van der Waals surface area contributed by atoms with Crippen LogP contribution in [0.1, 0.15) is 39.3 Å². The Hall–Kier alpha value is -1.97. The Kier molecular flexibility index (Phi) is 2.78. The second-order valence-electron chi connectivity index (χ2n) is 6.31. The molecule has 1 aromatic heterocycles. The number of para-hydroxylation sites is 1. The number of aromatic nitrogens is 2. The van der Waals surface area contributed by atoms with Crippen LogP contribution < -0.4 is 10.5 Å². The lowest BCUT2D eigenvalue weighted by atomic mass is 10.00. The summed E-state index contributed by atoms with van der Waals surface area (Å²) in [4.78, 5) is 4.49. The van der Waals surface area contributed by atoms with Crippen molar-refractivity contribution in [3.63, 3.8) is 0 Å². The van der Waals surface area contributed by atoms with E-state index in [1.807, 2.05) is 16.7 Å². The molecule has 0 saturated carbocycles. The fraction of sp³-hybridized carbons (Fsp3) is 0.438. The van der Waals surface area contributed by atoms with E-state index in [2.05, 4.69) is 38.7 Å². The van der Waals surface area contributed by atoms with Gasteiger partial charge in [-0.15, -0.1) is 0 Å². The van der Waals surface area contributed by atoms with Gasteiger partial charge in [0.25, 0.3) is 0 Å². The van der Waals surface area contributed by atoms with Gasteiger partial charge in [-0.2, -0.15) is 0 Å². The molecular formula is C16H21N3O. The molecule has 1 aromatic carbocycles. The van der Waals surface area contributed by atoms with E-state index in [1.165, 1.54) is 5.56 Å². The van der Waals surface area contributed by atoms with Crippen LogP contribution in [0, 0.1) is 0 Å². The normalized spacial score (nSPS) is 16.2. The maximum Gasteiger partial charge on any atom is 0.133 e. The first-order valence-corrected chi connectivity index (χ1v) is 7.02. The van der Waals surface area contributed by atoms with E-state index in [0.717, 1.165) is 23.4 Å². The molecule has 20 heavy (non-hydrogen) atoms. The molecule has 4 heteroatoms. The molecule has 4 nitrogen and oxygen atoms in total. The first-order valence-electron chi connectivity index (χ1n) is 7.02. The standard InChI is InChI=1S/C16H21N3O/c1-10(2)19-9-18-13(15(19)17)12-7-5-6-11-8-16(3,4)20-14(11)12/h5-7,9-10H,8,17H2,1-4H3. The summed E-state index contributed by atoms with van der Waals surface area (Å²) in [5.41, 5.74) is 9.12. The molecule has 0 bridgehead atoms. The lowest BCUT2D eigenvalue weighted by Gasteiger charge is -2.18. The Morgan fingerprint density at radius 3 is 2.75 bits per heavy atom. The molecule has 3 rings (SSSR count). The van der Waals surface area contributed by atoms with Crippen LogP contribution in [0.25, 0.3) is 11.3 Å². The predicted molar refractivity (Wildman–Crippen MR) is 80.9 cm³/mol. The van der Waals surface area contributed by atoms with Crippen LogP contribution in [0.4, 0.5) is 5.82 Å². The Labute approximate surface area is 119 Å². The predicted octanol–water partition coefficient (Wildman–Crippen LogP) is 3.43. The molecule has 0 aliphatic carbocycles. The first-order chi connectivity index (χ1) is 9.39. The highest BCUT2D eigenvalue weighted by Crippen LogP contribution is 2.43. The van der Waals surface area contributed by atoms with Crippen LogP contribution in [0.15, 0.2) is 24.5 Å². The van der Waals surface area contributed by atoms with Crippen LogP contribution >= 0.6 is 0 Å². The van der Waals surface area contributed by atoms with E-state index < -0.39 is 0 Å². The van der Waals surface area contributed by atoms with Gasteiger partial charge in [-0.25, -0.2) is 4.98 Å². The second kappa shape index (κ2) is 4.27. The van der Waals surface area contributed by atoms with Crippen molar-refractivity contribution in [1.82, 2.24) is 9.55 Å². The molecule has 2 aromatic rings. The summed E-state index contributed by atoms with van der Waals surface area (Å²) >= 11 is 0. The molecule has 0 radical (unpaired) electrons. The third kappa shape index (κ3) is 1.96. The summed E-state index contributed by atoms with van der Waals surface area (Å²) in [6.45, 7) is 8.40. The van der Waals surface area contributed by atoms with Crippen LogP contribution in [0.2, 0.25) is 0 Å². The molecule has 0 spiro atoms. The minimum absolute atomic E-state index is 0.159. The minimum Gasteiger partial charge on any atom is -0.487 e. The van der Waals surface area contributed by atoms with E-state index >= 15 is 0 Å². The maximum absolute atomic E-state index is 6.24. The van der Waals surface area contributed by atoms with Gasteiger partial charge in [-0.1, -0.05) is 12.1 Å². The van der Waals surface area contributed by atoms with Crippen molar-refractivity contribution < 1.29 is 4.74 Å². The summed E-state index contributed by atoms with van der Waals surface area (Å²) in [6, 6.07) is 6.49. The molecule has 0 fully saturated rings. The van der Waals surface area contributed by atoms with E-state index in [4.69, 9.17) is 10.5 Å². The molecule has 0 amide bonds. The Bertz CT molecular complexity index is 656. The van der Waals surface area contributed by atoms with Gasteiger partial charge >= 0.3 is 0 Å². The Morgan fingerprint density at radius 1 is 1.35 bits per heavy atom. The van der Waals surface area contributed by atoms with Gasteiger partial charge in [-0.3, -0.25) is 0 Å². The van der Waals surface area contributed by atoms with Crippen molar-refractivity contribution in [2.45, 2.75) is 45.8 Å². The first kappa shape index (κ1) is 13.0. The summed E-state index contributed by atoms with van der Waals surface area (Å²) in [6.07, 6.45) is 2.72. The largest absolute Gasteiger partial charge is 0.487 e. The zero-order chi connectivity index (χ0) is 14.5. The van der Waals surface area contributed by atoms with Crippen LogP contribution in [-0.4, -0.2) is 15.2 Å². The van der Waals surface area contributed by atoms with Crippen molar-refractivity contribution >= 4 is 5.82 Å². The highest BCUT2D eigenvalue weighted by Gasteiger charge is 2.32. The molecular weight excluding hydrogens is 250 g/mol. The number of fused-ring (bicyclic) bond motifs is 1. The molecule has 2 heterocycles. The average Bonchev–Trinajstić information content (AvgIpc) is 2.87. The smallest absolute Gasteiger partial charge is 0.133 e. The summed E-state index contributed by atoms with van der Waals surface area (Å²) in [5.74, 6) is 1.62. The number of hydrogen-bond acceptors (Lipinski definition) is 3. The fourth-order valence-electron chi connectivity index (χ4n) is 2.79. The molecule has 106 valence electrons. The van der Waals surface area contributed by atoms with Gasteiger partial charge in [0.2, 0.25) is 0 Å². The van der Waals surface area contributed by atoms with Crippen molar-refractivity contribution in [2.75, 3.05) is 5.73 Å². The monoisotopic (exact) mass is 271 g/mol. The van der Waals surface area contributed by atoms with Crippen molar-refractivity contribution in [3.8, 4) is 17.0 Å². The second-order valence-corrected chi connectivity index (χ2v) is 6.31. The van der Waals surface area contributed by atoms with Crippen molar-refractivity contribution in [2.24, 2.45) is 0 Å². The number of imidazole rings is 1. The molecule has 1 aliphatic heterocycles. The third-order valence-corrected chi connectivity index (χ3v) is 3.73. The number of ether oxygens (including phenoxy) is 1. The SMILES string of the molecule is CC(C)n1cnc(-c2cccc3c2OC(C)(C)C3)c1N. The quantitative estimate of drug-likeness (QED) is 0.910. The lowest BCUT2D eigenvalue weighted by Crippen LogP contribution is -2.24.